The standard InChI is InChI=1S/C19H27FN2O2/c1-14-5-6-17(20)15(12-14)13-21(2)19(23)18-4-3-9-22(18)16-7-10-24-11-8-16/h5-6,12,16,18H,3-4,7-11,13H2,1-2H3/t18-/m1/s1. The molecule has 2 aliphatic rings. The number of hydrogen-bond donors (Lipinski definition) is 0. The van der Waals surface area contributed by atoms with Crippen molar-refractivity contribution in [2.24, 2.45) is 0 Å². The van der Waals surface area contributed by atoms with Crippen LogP contribution in [0.15, 0.2) is 18.2 Å². The van der Waals surface area contributed by atoms with Crippen molar-refractivity contribution in [3.05, 3.63) is 35.1 Å². The third kappa shape index (κ3) is 3.78. The van der Waals surface area contributed by atoms with Gasteiger partial charge in [0.2, 0.25) is 5.91 Å². The highest BCUT2D eigenvalue weighted by atomic mass is 19.1. The van der Waals surface area contributed by atoms with E-state index in [2.05, 4.69) is 4.90 Å². The van der Waals surface area contributed by atoms with E-state index in [0.717, 1.165) is 51.0 Å². The second-order valence-electron chi connectivity index (χ2n) is 7.03. The molecule has 3 rings (SSSR count). The molecular formula is C19H27FN2O2. The van der Waals surface area contributed by atoms with Gasteiger partial charge < -0.3 is 9.64 Å². The number of ether oxygens (including phenoxy) is 1. The minimum absolute atomic E-state index is 0.0639. The number of carbonyl (C=O) groups excluding carboxylic acids is 1. The van der Waals surface area contributed by atoms with Crippen molar-refractivity contribution in [1.29, 1.82) is 0 Å². The molecule has 0 saturated carbocycles. The zero-order valence-electron chi connectivity index (χ0n) is 14.6. The Morgan fingerprint density at radius 1 is 1.33 bits per heavy atom. The number of likely N-dealkylation sites (tertiary alicyclic amines) is 1. The molecule has 1 aromatic carbocycles. The van der Waals surface area contributed by atoms with Gasteiger partial charge in [0.1, 0.15) is 5.82 Å². The van der Waals surface area contributed by atoms with E-state index in [1.807, 2.05) is 13.0 Å². The van der Waals surface area contributed by atoms with Crippen LogP contribution in [-0.4, -0.2) is 54.6 Å². The molecule has 2 fully saturated rings. The van der Waals surface area contributed by atoms with Gasteiger partial charge >= 0.3 is 0 Å². The van der Waals surface area contributed by atoms with Crippen LogP contribution in [0.4, 0.5) is 4.39 Å². The van der Waals surface area contributed by atoms with Gasteiger partial charge in [0.15, 0.2) is 0 Å². The number of carbonyl (C=O) groups is 1. The molecule has 2 heterocycles. The van der Waals surface area contributed by atoms with Crippen molar-refractivity contribution in [2.45, 2.75) is 51.2 Å². The molecule has 0 aromatic heterocycles. The molecule has 132 valence electrons. The van der Waals surface area contributed by atoms with Gasteiger partial charge in [0.05, 0.1) is 6.04 Å². The number of nitrogens with zero attached hydrogens (tertiary/aromatic N) is 2. The smallest absolute Gasteiger partial charge is 0.239 e. The summed E-state index contributed by atoms with van der Waals surface area (Å²) in [6, 6.07) is 5.44. The summed E-state index contributed by atoms with van der Waals surface area (Å²) in [6.45, 7) is 4.81. The maximum Gasteiger partial charge on any atom is 0.239 e. The molecule has 4 nitrogen and oxygen atoms in total. The van der Waals surface area contributed by atoms with Gasteiger partial charge in [-0.25, -0.2) is 4.39 Å². The first-order chi connectivity index (χ1) is 11.6. The number of rotatable bonds is 4. The average Bonchev–Trinajstić information content (AvgIpc) is 3.08. The Bertz CT molecular complexity index is 587. The zero-order chi connectivity index (χ0) is 17.1. The number of amides is 1. The summed E-state index contributed by atoms with van der Waals surface area (Å²) in [4.78, 5) is 17.0. The summed E-state index contributed by atoms with van der Waals surface area (Å²) in [5, 5.41) is 0. The Labute approximate surface area is 143 Å². The molecule has 0 unspecified atom stereocenters. The van der Waals surface area contributed by atoms with E-state index in [1.54, 1.807) is 18.0 Å². The van der Waals surface area contributed by atoms with Crippen molar-refractivity contribution in [2.75, 3.05) is 26.8 Å². The van der Waals surface area contributed by atoms with E-state index in [4.69, 9.17) is 4.74 Å². The summed E-state index contributed by atoms with van der Waals surface area (Å²) in [5.41, 5.74) is 1.60. The highest BCUT2D eigenvalue weighted by molar-refractivity contribution is 5.82. The highest BCUT2D eigenvalue weighted by Gasteiger charge is 2.37. The monoisotopic (exact) mass is 334 g/mol. The second kappa shape index (κ2) is 7.62. The normalized spacial score (nSPS) is 22.7. The van der Waals surface area contributed by atoms with Gasteiger partial charge in [-0.3, -0.25) is 9.69 Å². The molecule has 0 radical (unpaired) electrons. The molecule has 24 heavy (non-hydrogen) atoms. The van der Waals surface area contributed by atoms with E-state index < -0.39 is 0 Å². The second-order valence-corrected chi connectivity index (χ2v) is 7.03. The molecule has 2 aliphatic heterocycles. The first-order valence-corrected chi connectivity index (χ1v) is 8.90. The van der Waals surface area contributed by atoms with Crippen LogP contribution in [0.3, 0.4) is 0 Å². The average molecular weight is 334 g/mol. The van der Waals surface area contributed by atoms with E-state index >= 15 is 0 Å². The van der Waals surface area contributed by atoms with Crippen LogP contribution in [0.5, 0.6) is 0 Å². The molecule has 0 N–H and O–H groups in total. The summed E-state index contributed by atoms with van der Waals surface area (Å²) in [7, 11) is 1.78. The molecule has 2 saturated heterocycles. The third-order valence-electron chi connectivity index (χ3n) is 5.22. The number of halogens is 1. The molecular weight excluding hydrogens is 307 g/mol. The van der Waals surface area contributed by atoms with Gasteiger partial charge in [0.25, 0.3) is 0 Å². The number of likely N-dealkylation sites (N-methyl/N-ethyl adjacent to an activating group) is 1. The quantitative estimate of drug-likeness (QED) is 0.849. The van der Waals surface area contributed by atoms with E-state index in [0.29, 0.717) is 18.2 Å². The largest absolute Gasteiger partial charge is 0.381 e. The predicted octanol–water partition coefficient (Wildman–Crippen LogP) is 2.74. The van der Waals surface area contributed by atoms with Crippen molar-refractivity contribution in [3.63, 3.8) is 0 Å². The maximum absolute atomic E-state index is 14.0. The number of hydrogen-bond acceptors (Lipinski definition) is 3. The van der Waals surface area contributed by atoms with Gasteiger partial charge in [-0.1, -0.05) is 17.7 Å². The summed E-state index contributed by atoms with van der Waals surface area (Å²) >= 11 is 0. The van der Waals surface area contributed by atoms with E-state index in [1.165, 1.54) is 6.07 Å². The summed E-state index contributed by atoms with van der Waals surface area (Å²) in [5.74, 6) is -0.132. The van der Waals surface area contributed by atoms with E-state index in [-0.39, 0.29) is 17.8 Å². The maximum atomic E-state index is 14.0. The van der Waals surface area contributed by atoms with Gasteiger partial charge in [0, 0.05) is 38.4 Å². The lowest BCUT2D eigenvalue weighted by molar-refractivity contribution is -0.136. The number of aryl methyl sites for hydroxylation is 1. The highest BCUT2D eigenvalue weighted by Crippen LogP contribution is 2.27. The first-order valence-electron chi connectivity index (χ1n) is 8.90. The van der Waals surface area contributed by atoms with E-state index in [9.17, 15) is 9.18 Å². The topological polar surface area (TPSA) is 32.8 Å². The number of benzene rings is 1. The first kappa shape index (κ1) is 17.4. The van der Waals surface area contributed by atoms with Crippen LogP contribution in [0.1, 0.15) is 36.8 Å². The lowest BCUT2D eigenvalue weighted by Gasteiger charge is -2.36. The van der Waals surface area contributed by atoms with Crippen LogP contribution in [0.25, 0.3) is 0 Å². The fourth-order valence-electron chi connectivity index (χ4n) is 3.92. The fourth-order valence-corrected chi connectivity index (χ4v) is 3.92. The van der Waals surface area contributed by atoms with Crippen LogP contribution in [0, 0.1) is 12.7 Å². The molecule has 0 spiro atoms. The third-order valence-corrected chi connectivity index (χ3v) is 5.22. The molecule has 5 heteroatoms. The minimum Gasteiger partial charge on any atom is -0.381 e. The SMILES string of the molecule is Cc1ccc(F)c(CN(C)C(=O)[C@H]2CCCN2C2CCOCC2)c1. The van der Waals surface area contributed by atoms with Crippen molar-refractivity contribution < 1.29 is 13.9 Å². The molecule has 0 aliphatic carbocycles. The minimum atomic E-state index is -0.243. The van der Waals surface area contributed by atoms with Crippen LogP contribution in [0.2, 0.25) is 0 Å². The van der Waals surface area contributed by atoms with Crippen molar-refractivity contribution in [1.82, 2.24) is 9.80 Å². The summed E-state index contributed by atoms with van der Waals surface area (Å²) < 4.78 is 19.4. The van der Waals surface area contributed by atoms with Crippen LogP contribution < -0.4 is 0 Å². The van der Waals surface area contributed by atoms with Crippen molar-refractivity contribution >= 4 is 5.91 Å². The Morgan fingerprint density at radius 3 is 2.83 bits per heavy atom. The molecule has 0 bridgehead atoms. The van der Waals surface area contributed by atoms with Gasteiger partial charge in [-0.2, -0.15) is 0 Å². The van der Waals surface area contributed by atoms with Crippen molar-refractivity contribution in [3.8, 4) is 0 Å². The Hall–Kier alpha value is -1.46. The van der Waals surface area contributed by atoms with Gasteiger partial charge in [-0.05, 0) is 45.2 Å². The van der Waals surface area contributed by atoms with Gasteiger partial charge in [-0.15, -0.1) is 0 Å². The molecule has 1 atom stereocenters. The fraction of sp³-hybridized carbons (Fsp3) is 0.632. The zero-order valence-corrected chi connectivity index (χ0v) is 14.6. The van der Waals surface area contributed by atoms with Crippen LogP contribution >= 0.6 is 0 Å². The predicted molar refractivity (Wildman–Crippen MR) is 91.2 cm³/mol. The summed E-state index contributed by atoms with van der Waals surface area (Å²) in [6.07, 6.45) is 3.96. The van der Waals surface area contributed by atoms with Crippen LogP contribution in [-0.2, 0) is 16.1 Å². The molecule has 1 aromatic rings. The molecule has 1 amide bonds. The lowest BCUT2D eigenvalue weighted by atomic mass is 10.0. The Kier molecular flexibility index (Phi) is 5.51. The Morgan fingerprint density at radius 2 is 2.08 bits per heavy atom. The lowest BCUT2D eigenvalue weighted by Crippen LogP contribution is -2.49. The Balaban J connectivity index is 1.66.